The van der Waals surface area contributed by atoms with Gasteiger partial charge in [-0.25, -0.2) is 4.39 Å². The number of hydrogen-bond acceptors (Lipinski definition) is 5. The minimum atomic E-state index is -0.916. The molecule has 148 valence electrons. The zero-order chi connectivity index (χ0) is 19.7. The first-order valence-electron chi connectivity index (χ1n) is 9.14. The summed E-state index contributed by atoms with van der Waals surface area (Å²) in [7, 11) is 0. The summed E-state index contributed by atoms with van der Waals surface area (Å²) >= 11 is 0. The first-order valence-corrected chi connectivity index (χ1v) is 9.14. The Morgan fingerprint density at radius 3 is 2.74 bits per heavy atom. The van der Waals surface area contributed by atoms with Crippen LogP contribution in [0.3, 0.4) is 0 Å². The summed E-state index contributed by atoms with van der Waals surface area (Å²) < 4.78 is 19.0. The average Bonchev–Trinajstić information content (AvgIpc) is 2.67. The van der Waals surface area contributed by atoms with Crippen LogP contribution in [0.15, 0.2) is 48.7 Å². The van der Waals surface area contributed by atoms with Crippen LogP contribution in [-0.4, -0.2) is 29.8 Å². The van der Waals surface area contributed by atoms with Gasteiger partial charge in [-0.3, -0.25) is 10.6 Å². The molecule has 5 N–H and O–H groups in total. The molecule has 1 aliphatic rings. The number of aliphatic hydroxyl groups is 1. The van der Waals surface area contributed by atoms with Crippen LogP contribution in [0.4, 0.5) is 4.39 Å². The van der Waals surface area contributed by atoms with Gasteiger partial charge >= 0.3 is 0 Å². The zero-order valence-electron chi connectivity index (χ0n) is 15.4. The summed E-state index contributed by atoms with van der Waals surface area (Å²) in [4.78, 5) is 12.0. The minimum absolute atomic E-state index is 0.181. The number of rotatable bonds is 9. The van der Waals surface area contributed by atoms with Gasteiger partial charge < -0.3 is 20.6 Å². The highest BCUT2D eigenvalue weighted by Crippen LogP contribution is 2.33. The Morgan fingerprint density at radius 1 is 1.41 bits per heavy atom. The van der Waals surface area contributed by atoms with Gasteiger partial charge in [0.25, 0.3) is 5.91 Å². The van der Waals surface area contributed by atoms with Crippen LogP contribution < -0.4 is 21.3 Å². The lowest BCUT2D eigenvalue weighted by molar-refractivity contribution is -0.119. The highest BCUT2D eigenvalue weighted by atomic mass is 19.1. The van der Waals surface area contributed by atoms with Crippen molar-refractivity contribution in [1.29, 1.82) is 0 Å². The van der Waals surface area contributed by atoms with E-state index >= 15 is 0 Å². The monoisotopic (exact) mass is 377 g/mol. The molecule has 6 nitrogen and oxygen atoms in total. The number of carbonyl (C=O) groups excluding carboxylic acids is 1. The number of nitrogens with one attached hydrogen (secondary N) is 2. The van der Waals surface area contributed by atoms with Crippen LogP contribution >= 0.6 is 0 Å². The molecule has 1 aromatic carbocycles. The largest absolute Gasteiger partial charge is 0.491 e. The Labute approximate surface area is 159 Å². The summed E-state index contributed by atoms with van der Waals surface area (Å²) in [6.45, 7) is 4.18. The van der Waals surface area contributed by atoms with Gasteiger partial charge in [0.15, 0.2) is 11.6 Å². The Morgan fingerprint density at radius 2 is 2.11 bits per heavy atom. The van der Waals surface area contributed by atoms with Crippen LogP contribution in [0.5, 0.6) is 5.75 Å². The molecule has 1 aliphatic carbocycles. The second kappa shape index (κ2) is 10.1. The molecule has 0 bridgehead atoms. The number of para-hydroxylation sites is 1. The van der Waals surface area contributed by atoms with Gasteiger partial charge in [0.2, 0.25) is 0 Å². The number of hydrogen-bond donors (Lipinski definition) is 4. The molecule has 0 heterocycles. The first-order chi connectivity index (χ1) is 13.0. The number of ether oxygens (including phenoxy) is 1. The zero-order valence-corrected chi connectivity index (χ0v) is 15.4. The minimum Gasteiger partial charge on any atom is -0.491 e. The van der Waals surface area contributed by atoms with E-state index in [1.165, 1.54) is 18.3 Å². The molecule has 0 atom stereocenters. The van der Waals surface area contributed by atoms with Crippen molar-refractivity contribution in [3.63, 3.8) is 0 Å². The molecule has 2 rings (SSSR count). The number of amides is 1. The first kappa shape index (κ1) is 20.9. The Bertz CT molecular complexity index is 670. The van der Waals surface area contributed by atoms with Crippen molar-refractivity contribution >= 4 is 5.91 Å². The predicted molar refractivity (Wildman–Crippen MR) is 102 cm³/mol. The highest BCUT2D eigenvalue weighted by Gasteiger charge is 2.33. The smallest absolute Gasteiger partial charge is 0.252 e. The fourth-order valence-corrected chi connectivity index (χ4v) is 3.23. The Kier molecular flexibility index (Phi) is 7.82. The van der Waals surface area contributed by atoms with Crippen LogP contribution in [0.25, 0.3) is 0 Å². The van der Waals surface area contributed by atoms with E-state index in [2.05, 4.69) is 17.3 Å². The molecule has 7 heteroatoms. The maximum Gasteiger partial charge on any atom is 0.252 e. The van der Waals surface area contributed by atoms with E-state index in [-0.39, 0.29) is 24.0 Å². The topological polar surface area (TPSA) is 96.6 Å². The third kappa shape index (κ3) is 6.37. The van der Waals surface area contributed by atoms with Gasteiger partial charge in [0, 0.05) is 12.7 Å². The lowest BCUT2D eigenvalue weighted by atomic mass is 9.77. The SMILES string of the molecule is C=C/C(=C\NN)C(=O)NC[C@]1(O)CC[C@H](CCOc2ccccc2F)CC1. The van der Waals surface area contributed by atoms with Crippen LogP contribution in [0, 0.1) is 11.7 Å². The van der Waals surface area contributed by atoms with Crippen LogP contribution in [-0.2, 0) is 4.79 Å². The summed E-state index contributed by atoms with van der Waals surface area (Å²) in [5, 5.41) is 13.4. The molecule has 0 spiro atoms. The summed E-state index contributed by atoms with van der Waals surface area (Å²) in [5.74, 6) is 5.16. The third-order valence-electron chi connectivity index (χ3n) is 4.96. The summed E-state index contributed by atoms with van der Waals surface area (Å²) in [6, 6.07) is 6.36. The predicted octanol–water partition coefficient (Wildman–Crippen LogP) is 2.17. The number of benzene rings is 1. The maximum atomic E-state index is 13.5. The van der Waals surface area contributed by atoms with E-state index < -0.39 is 5.60 Å². The second-order valence-corrected chi connectivity index (χ2v) is 6.89. The van der Waals surface area contributed by atoms with Crippen molar-refractivity contribution in [2.75, 3.05) is 13.2 Å². The van der Waals surface area contributed by atoms with Crippen molar-refractivity contribution in [3.05, 3.63) is 54.5 Å². The Hall–Kier alpha value is -2.38. The van der Waals surface area contributed by atoms with E-state index in [0.717, 1.165) is 19.3 Å². The quantitative estimate of drug-likeness (QED) is 0.229. The number of carbonyl (C=O) groups is 1. The molecule has 1 fully saturated rings. The van der Waals surface area contributed by atoms with Gasteiger partial charge in [0.1, 0.15) is 0 Å². The molecule has 0 saturated heterocycles. The molecule has 0 unspecified atom stereocenters. The lowest BCUT2D eigenvalue weighted by Crippen LogP contribution is -2.45. The van der Waals surface area contributed by atoms with Gasteiger partial charge in [-0.05, 0) is 50.2 Å². The maximum absolute atomic E-state index is 13.5. The molecule has 27 heavy (non-hydrogen) atoms. The fraction of sp³-hybridized carbons (Fsp3) is 0.450. The molecular formula is C20H28FN3O3. The summed E-state index contributed by atoms with van der Waals surface area (Å²) in [6.07, 6.45) is 6.41. The van der Waals surface area contributed by atoms with Gasteiger partial charge in [0.05, 0.1) is 17.8 Å². The number of nitrogens with two attached hydrogens (primary N) is 1. The van der Waals surface area contributed by atoms with E-state index in [0.29, 0.717) is 30.9 Å². The van der Waals surface area contributed by atoms with Crippen molar-refractivity contribution in [2.24, 2.45) is 11.8 Å². The van der Waals surface area contributed by atoms with E-state index in [9.17, 15) is 14.3 Å². The molecule has 0 radical (unpaired) electrons. The number of halogens is 1. The van der Waals surface area contributed by atoms with Crippen molar-refractivity contribution in [3.8, 4) is 5.75 Å². The van der Waals surface area contributed by atoms with Gasteiger partial charge in [-0.1, -0.05) is 24.8 Å². The standard InChI is InChI=1S/C20H28FN3O3/c1-2-16(13-24-22)19(25)23-14-20(26)10-7-15(8-11-20)9-12-27-18-6-4-3-5-17(18)21/h2-6,13,15,24,26H,1,7-12,14,22H2,(H,23,25)/b16-13+/t15-,20-. The number of hydrazine groups is 1. The molecule has 1 amide bonds. The Balaban J connectivity index is 1.72. The molecule has 1 aromatic rings. The van der Waals surface area contributed by atoms with Gasteiger partial charge in [-0.15, -0.1) is 0 Å². The molecule has 0 aliphatic heterocycles. The van der Waals surface area contributed by atoms with Crippen molar-refractivity contribution in [1.82, 2.24) is 10.7 Å². The average molecular weight is 377 g/mol. The van der Waals surface area contributed by atoms with E-state index in [1.54, 1.807) is 18.2 Å². The highest BCUT2D eigenvalue weighted by molar-refractivity contribution is 5.95. The van der Waals surface area contributed by atoms with Crippen LogP contribution in [0.1, 0.15) is 32.1 Å². The second-order valence-electron chi connectivity index (χ2n) is 6.89. The van der Waals surface area contributed by atoms with Crippen molar-refractivity contribution < 1.29 is 19.0 Å². The normalized spacial score (nSPS) is 22.8. The molecule has 1 saturated carbocycles. The summed E-state index contributed by atoms with van der Waals surface area (Å²) in [5.41, 5.74) is 1.69. The fourth-order valence-electron chi connectivity index (χ4n) is 3.23. The molecule has 0 aromatic heterocycles. The van der Waals surface area contributed by atoms with Crippen molar-refractivity contribution in [2.45, 2.75) is 37.7 Å². The van der Waals surface area contributed by atoms with Crippen LogP contribution in [0.2, 0.25) is 0 Å². The van der Waals surface area contributed by atoms with Gasteiger partial charge in [-0.2, -0.15) is 0 Å². The van der Waals surface area contributed by atoms with E-state index in [1.807, 2.05) is 0 Å². The molecular weight excluding hydrogens is 349 g/mol. The van der Waals surface area contributed by atoms with E-state index in [4.69, 9.17) is 10.6 Å². The lowest BCUT2D eigenvalue weighted by Gasteiger charge is -2.36. The third-order valence-corrected chi connectivity index (χ3v) is 4.96.